The lowest BCUT2D eigenvalue weighted by molar-refractivity contribution is -0.129. The molecule has 2 atom stereocenters. The van der Waals surface area contributed by atoms with Crippen molar-refractivity contribution >= 4 is 29.2 Å². The maximum Gasteiger partial charge on any atom is 0.342 e. The summed E-state index contributed by atoms with van der Waals surface area (Å²) in [5, 5.41) is 3.01. The lowest BCUT2D eigenvalue weighted by Crippen LogP contribution is -2.37. The molecule has 3 N–H and O–H groups in total. The molecule has 0 saturated carbocycles. The van der Waals surface area contributed by atoms with Crippen LogP contribution in [0.5, 0.6) is 5.75 Å². The number of benzene rings is 2. The van der Waals surface area contributed by atoms with Crippen LogP contribution in [0.15, 0.2) is 42.5 Å². The Morgan fingerprint density at radius 1 is 1.15 bits per heavy atom. The van der Waals surface area contributed by atoms with E-state index in [9.17, 15) is 9.59 Å². The van der Waals surface area contributed by atoms with Crippen LogP contribution in [0, 0.1) is 0 Å². The first-order valence-corrected chi connectivity index (χ1v) is 8.40. The third-order valence-corrected chi connectivity index (χ3v) is 4.18. The van der Waals surface area contributed by atoms with Crippen LogP contribution >= 0.6 is 11.6 Å². The molecule has 0 saturated heterocycles. The summed E-state index contributed by atoms with van der Waals surface area (Å²) < 4.78 is 10.4. The second-order valence-electron chi connectivity index (χ2n) is 5.76. The molecule has 0 aliphatic rings. The van der Waals surface area contributed by atoms with Crippen molar-refractivity contribution in [1.29, 1.82) is 0 Å². The minimum atomic E-state index is -0.991. The molecule has 26 heavy (non-hydrogen) atoms. The number of amides is 1. The van der Waals surface area contributed by atoms with Crippen molar-refractivity contribution in [2.24, 2.45) is 0 Å². The topological polar surface area (TPSA) is 90.7 Å². The van der Waals surface area contributed by atoms with Crippen LogP contribution in [-0.4, -0.2) is 25.1 Å². The van der Waals surface area contributed by atoms with Crippen molar-refractivity contribution in [1.82, 2.24) is 5.32 Å². The van der Waals surface area contributed by atoms with Gasteiger partial charge in [0, 0.05) is 6.07 Å². The molecule has 0 aliphatic heterocycles. The summed E-state index contributed by atoms with van der Waals surface area (Å²) in [6.45, 7) is 3.35. The molecule has 0 aromatic heterocycles. The van der Waals surface area contributed by atoms with Gasteiger partial charge in [0.2, 0.25) is 0 Å². The normalized spacial score (nSPS) is 12.8. The zero-order valence-electron chi connectivity index (χ0n) is 14.8. The van der Waals surface area contributed by atoms with Gasteiger partial charge < -0.3 is 20.5 Å². The molecule has 0 bridgehead atoms. The zero-order valence-corrected chi connectivity index (χ0v) is 15.5. The largest absolute Gasteiger partial charge is 0.496 e. The van der Waals surface area contributed by atoms with E-state index in [1.165, 1.54) is 26.2 Å². The molecule has 0 fully saturated rings. The minimum absolute atomic E-state index is 0.0995. The van der Waals surface area contributed by atoms with Gasteiger partial charge >= 0.3 is 5.97 Å². The van der Waals surface area contributed by atoms with E-state index >= 15 is 0 Å². The van der Waals surface area contributed by atoms with Crippen LogP contribution in [0.25, 0.3) is 0 Å². The Kier molecular flexibility index (Phi) is 6.46. The second kappa shape index (κ2) is 8.58. The summed E-state index contributed by atoms with van der Waals surface area (Å²) in [6, 6.07) is 12.1. The predicted octanol–water partition coefficient (Wildman–Crippen LogP) is 3.35. The Morgan fingerprint density at radius 2 is 1.81 bits per heavy atom. The van der Waals surface area contributed by atoms with E-state index in [2.05, 4.69) is 5.32 Å². The van der Waals surface area contributed by atoms with Gasteiger partial charge in [-0.15, -0.1) is 0 Å². The molecular weight excluding hydrogens is 356 g/mol. The van der Waals surface area contributed by atoms with Gasteiger partial charge in [0.05, 0.1) is 23.9 Å². The number of hydrogen-bond donors (Lipinski definition) is 2. The van der Waals surface area contributed by atoms with Gasteiger partial charge in [-0.2, -0.15) is 0 Å². The third kappa shape index (κ3) is 4.67. The first-order valence-electron chi connectivity index (χ1n) is 8.02. The van der Waals surface area contributed by atoms with Crippen LogP contribution < -0.4 is 15.8 Å². The molecule has 0 spiro atoms. The van der Waals surface area contributed by atoms with E-state index in [1.807, 2.05) is 37.3 Å². The van der Waals surface area contributed by atoms with Gasteiger partial charge in [-0.1, -0.05) is 41.9 Å². The van der Waals surface area contributed by atoms with Crippen molar-refractivity contribution < 1.29 is 19.1 Å². The highest BCUT2D eigenvalue weighted by molar-refractivity contribution is 6.33. The number of ether oxygens (including phenoxy) is 2. The van der Waals surface area contributed by atoms with Gasteiger partial charge in [-0.3, -0.25) is 4.79 Å². The van der Waals surface area contributed by atoms with Crippen LogP contribution in [0.3, 0.4) is 0 Å². The van der Waals surface area contributed by atoms with E-state index in [0.717, 1.165) is 5.56 Å². The molecule has 0 aliphatic carbocycles. The number of carbonyl (C=O) groups excluding carboxylic acids is 2. The number of carbonyl (C=O) groups is 2. The number of esters is 1. The monoisotopic (exact) mass is 376 g/mol. The minimum Gasteiger partial charge on any atom is -0.496 e. The molecule has 2 rings (SSSR count). The Bertz CT molecular complexity index is 796. The molecule has 0 radical (unpaired) electrons. The van der Waals surface area contributed by atoms with Crippen molar-refractivity contribution in [3.8, 4) is 5.75 Å². The van der Waals surface area contributed by atoms with Crippen LogP contribution in [0.4, 0.5) is 5.69 Å². The molecule has 2 aromatic carbocycles. The highest BCUT2D eigenvalue weighted by Gasteiger charge is 2.23. The van der Waals surface area contributed by atoms with Crippen LogP contribution in [0.2, 0.25) is 5.02 Å². The Balaban J connectivity index is 2.05. The van der Waals surface area contributed by atoms with Crippen molar-refractivity contribution in [2.45, 2.75) is 26.0 Å². The predicted molar refractivity (Wildman–Crippen MR) is 100 cm³/mol. The Labute approximate surface area is 157 Å². The number of halogens is 1. The standard InChI is InChI=1S/C19H21ClN2O4/c1-11(13-7-5-4-6-8-13)22-18(23)12(2)26-19(24)14-9-15(20)16(21)10-17(14)25-3/h4-12H,21H2,1-3H3,(H,22,23). The first-order chi connectivity index (χ1) is 12.3. The summed E-state index contributed by atoms with van der Waals surface area (Å²) in [6.07, 6.45) is -0.991. The van der Waals surface area contributed by atoms with Gasteiger partial charge in [-0.25, -0.2) is 4.79 Å². The van der Waals surface area contributed by atoms with Crippen molar-refractivity contribution in [3.63, 3.8) is 0 Å². The molecule has 138 valence electrons. The van der Waals surface area contributed by atoms with E-state index in [0.29, 0.717) is 0 Å². The highest BCUT2D eigenvalue weighted by atomic mass is 35.5. The molecule has 0 heterocycles. The van der Waals surface area contributed by atoms with E-state index in [1.54, 1.807) is 0 Å². The fraction of sp³-hybridized carbons (Fsp3) is 0.263. The van der Waals surface area contributed by atoms with Gasteiger partial charge in [0.15, 0.2) is 6.10 Å². The number of nitrogens with two attached hydrogens (primary N) is 1. The molecule has 2 aromatic rings. The number of methoxy groups -OCH3 is 1. The number of nitrogens with one attached hydrogen (secondary N) is 1. The fourth-order valence-corrected chi connectivity index (χ4v) is 2.49. The summed E-state index contributed by atoms with van der Waals surface area (Å²) in [7, 11) is 1.40. The Morgan fingerprint density at radius 3 is 2.42 bits per heavy atom. The number of rotatable bonds is 6. The van der Waals surface area contributed by atoms with E-state index in [-0.39, 0.29) is 28.1 Å². The summed E-state index contributed by atoms with van der Waals surface area (Å²) in [5.74, 6) is -0.906. The molecule has 6 nitrogen and oxygen atoms in total. The van der Waals surface area contributed by atoms with Gasteiger partial charge in [0.1, 0.15) is 11.3 Å². The number of nitrogen functional groups attached to an aromatic ring is 1. The van der Waals surface area contributed by atoms with Crippen molar-refractivity contribution in [2.75, 3.05) is 12.8 Å². The first kappa shape index (κ1) is 19.6. The SMILES string of the molecule is COc1cc(N)c(Cl)cc1C(=O)OC(C)C(=O)NC(C)c1ccccc1. The van der Waals surface area contributed by atoms with E-state index in [4.69, 9.17) is 26.8 Å². The maximum absolute atomic E-state index is 12.4. The molecular formula is C19H21ClN2O4. The number of anilines is 1. The van der Waals surface area contributed by atoms with E-state index < -0.39 is 18.0 Å². The molecule has 1 amide bonds. The van der Waals surface area contributed by atoms with Gasteiger partial charge in [-0.05, 0) is 25.5 Å². The summed E-state index contributed by atoms with van der Waals surface area (Å²) in [4.78, 5) is 24.7. The quantitative estimate of drug-likeness (QED) is 0.596. The second-order valence-corrected chi connectivity index (χ2v) is 6.17. The smallest absolute Gasteiger partial charge is 0.342 e. The fourth-order valence-electron chi connectivity index (χ4n) is 2.33. The van der Waals surface area contributed by atoms with Crippen LogP contribution in [0.1, 0.15) is 35.8 Å². The maximum atomic E-state index is 12.4. The lowest BCUT2D eigenvalue weighted by Gasteiger charge is -2.19. The molecule has 7 heteroatoms. The average Bonchev–Trinajstić information content (AvgIpc) is 2.63. The lowest BCUT2D eigenvalue weighted by atomic mass is 10.1. The average molecular weight is 377 g/mol. The zero-order chi connectivity index (χ0) is 19.3. The van der Waals surface area contributed by atoms with Gasteiger partial charge in [0.25, 0.3) is 5.91 Å². The third-order valence-electron chi connectivity index (χ3n) is 3.85. The van der Waals surface area contributed by atoms with Crippen molar-refractivity contribution in [3.05, 3.63) is 58.6 Å². The highest BCUT2D eigenvalue weighted by Crippen LogP contribution is 2.29. The van der Waals surface area contributed by atoms with Crippen LogP contribution in [-0.2, 0) is 9.53 Å². The summed E-state index contributed by atoms with van der Waals surface area (Å²) in [5.41, 5.74) is 7.03. The molecule has 2 unspecified atom stereocenters. The Hall–Kier alpha value is -2.73. The number of hydrogen-bond acceptors (Lipinski definition) is 5. The summed E-state index contributed by atoms with van der Waals surface area (Å²) >= 11 is 5.96.